The van der Waals surface area contributed by atoms with Crippen LogP contribution in [0.15, 0.2) is 60.8 Å². The van der Waals surface area contributed by atoms with Crippen molar-refractivity contribution in [2.45, 2.75) is 0 Å². The fourth-order valence-corrected chi connectivity index (χ4v) is 2.72. The summed E-state index contributed by atoms with van der Waals surface area (Å²) in [6.45, 7) is 0. The monoisotopic (exact) mass is 274 g/mol. The Morgan fingerprint density at radius 1 is 0.762 bits per heavy atom. The fraction of sp³-hybridized carbons (Fsp3) is 0. The lowest BCUT2D eigenvalue weighted by Crippen LogP contribution is -2.40. The third kappa shape index (κ3) is 1.59. The van der Waals surface area contributed by atoms with Gasteiger partial charge in [0.25, 0.3) is 11.8 Å². The van der Waals surface area contributed by atoms with E-state index in [2.05, 4.69) is 4.98 Å². The number of pyridine rings is 1. The van der Waals surface area contributed by atoms with Crippen LogP contribution in [0.4, 0.5) is 5.82 Å². The van der Waals surface area contributed by atoms with E-state index in [9.17, 15) is 9.59 Å². The van der Waals surface area contributed by atoms with E-state index < -0.39 is 0 Å². The number of amides is 2. The minimum Gasteiger partial charge on any atom is -0.268 e. The number of rotatable bonds is 1. The van der Waals surface area contributed by atoms with Gasteiger partial charge < -0.3 is 0 Å². The molecule has 0 radical (unpaired) electrons. The van der Waals surface area contributed by atoms with Crippen molar-refractivity contribution in [3.63, 3.8) is 0 Å². The van der Waals surface area contributed by atoms with Gasteiger partial charge in [0.05, 0.1) is 0 Å². The summed E-state index contributed by atoms with van der Waals surface area (Å²) >= 11 is 0. The highest BCUT2D eigenvalue weighted by Crippen LogP contribution is 2.31. The zero-order valence-electron chi connectivity index (χ0n) is 11.0. The molecule has 3 aromatic rings. The Morgan fingerprint density at radius 2 is 1.43 bits per heavy atom. The Morgan fingerprint density at radius 3 is 2.00 bits per heavy atom. The van der Waals surface area contributed by atoms with Gasteiger partial charge in [0.2, 0.25) is 0 Å². The molecule has 2 aromatic carbocycles. The second kappa shape index (κ2) is 4.24. The van der Waals surface area contributed by atoms with Gasteiger partial charge in [0, 0.05) is 22.7 Å². The van der Waals surface area contributed by atoms with E-state index >= 15 is 0 Å². The van der Waals surface area contributed by atoms with Crippen molar-refractivity contribution in [2.24, 2.45) is 0 Å². The average Bonchev–Trinajstić information content (AvgIpc) is 2.54. The number of carbonyl (C=O) groups excluding carboxylic acids is 2. The van der Waals surface area contributed by atoms with Crippen molar-refractivity contribution in [1.82, 2.24) is 4.98 Å². The van der Waals surface area contributed by atoms with Gasteiger partial charge in [-0.1, -0.05) is 30.3 Å². The summed E-state index contributed by atoms with van der Waals surface area (Å²) in [5.41, 5.74) is 1.07. The highest BCUT2D eigenvalue weighted by atomic mass is 16.2. The topological polar surface area (TPSA) is 50.3 Å². The van der Waals surface area contributed by atoms with Crippen molar-refractivity contribution >= 4 is 28.4 Å². The number of nitrogens with zero attached hydrogens (tertiary/aromatic N) is 2. The lowest BCUT2D eigenvalue weighted by molar-refractivity contribution is 0.0892. The molecule has 0 spiro atoms. The van der Waals surface area contributed by atoms with E-state index in [1.165, 1.54) is 0 Å². The number of hydrogen-bond donors (Lipinski definition) is 0. The number of benzene rings is 2. The predicted molar refractivity (Wildman–Crippen MR) is 79.3 cm³/mol. The van der Waals surface area contributed by atoms with Gasteiger partial charge in [-0.3, -0.25) is 9.59 Å². The van der Waals surface area contributed by atoms with Crippen molar-refractivity contribution in [3.05, 3.63) is 71.9 Å². The van der Waals surface area contributed by atoms with E-state index in [0.717, 1.165) is 15.7 Å². The number of anilines is 1. The van der Waals surface area contributed by atoms with Crippen molar-refractivity contribution < 1.29 is 9.59 Å². The first-order chi connectivity index (χ1) is 10.3. The minimum atomic E-state index is -0.331. The van der Waals surface area contributed by atoms with Gasteiger partial charge in [-0.25, -0.2) is 9.88 Å². The molecule has 0 fully saturated rings. The second-order valence-electron chi connectivity index (χ2n) is 4.84. The molecule has 0 unspecified atom stereocenters. The SMILES string of the molecule is O=C1c2cccc3cccc(c23)C(=O)N1c1ccccn1. The maximum atomic E-state index is 12.7. The molecular formula is C17H10N2O2. The molecule has 0 saturated heterocycles. The molecule has 1 aliphatic rings. The standard InChI is InChI=1S/C17H10N2O2/c20-16-12-7-3-5-11-6-4-8-13(15(11)12)17(21)19(16)14-9-1-2-10-18-14/h1-10H. The molecule has 0 bridgehead atoms. The second-order valence-corrected chi connectivity index (χ2v) is 4.84. The van der Waals surface area contributed by atoms with Gasteiger partial charge >= 0.3 is 0 Å². The van der Waals surface area contributed by atoms with Crippen molar-refractivity contribution in [1.29, 1.82) is 0 Å². The Bertz CT molecular complexity index is 837. The molecule has 0 N–H and O–H groups in total. The van der Waals surface area contributed by atoms with Gasteiger partial charge in [0.15, 0.2) is 0 Å². The first kappa shape index (κ1) is 11.8. The lowest BCUT2D eigenvalue weighted by atomic mass is 9.94. The Balaban J connectivity index is 2.02. The van der Waals surface area contributed by atoms with E-state index in [1.807, 2.05) is 24.3 Å². The number of carbonyl (C=O) groups is 2. The molecule has 100 valence electrons. The molecule has 0 atom stereocenters. The quantitative estimate of drug-likeness (QED) is 0.641. The minimum absolute atomic E-state index is 0.331. The first-order valence-corrected chi connectivity index (χ1v) is 6.59. The van der Waals surface area contributed by atoms with Gasteiger partial charge in [-0.15, -0.1) is 0 Å². The van der Waals surface area contributed by atoms with Crippen LogP contribution < -0.4 is 4.90 Å². The third-order valence-electron chi connectivity index (χ3n) is 3.65. The molecule has 2 heterocycles. The normalized spacial score (nSPS) is 13.8. The Kier molecular flexibility index (Phi) is 2.38. The molecule has 0 saturated carbocycles. The fourth-order valence-electron chi connectivity index (χ4n) is 2.72. The van der Waals surface area contributed by atoms with Gasteiger partial charge in [-0.2, -0.15) is 0 Å². The highest BCUT2D eigenvalue weighted by molar-refractivity contribution is 6.35. The average molecular weight is 274 g/mol. The van der Waals surface area contributed by atoms with Crippen LogP contribution in [0.2, 0.25) is 0 Å². The van der Waals surface area contributed by atoms with Gasteiger partial charge in [-0.05, 0) is 29.7 Å². The van der Waals surface area contributed by atoms with Crippen molar-refractivity contribution in [3.8, 4) is 0 Å². The molecule has 2 amide bonds. The zero-order valence-corrected chi connectivity index (χ0v) is 11.0. The van der Waals surface area contributed by atoms with Crippen LogP contribution >= 0.6 is 0 Å². The Labute approximate surface area is 120 Å². The van der Waals surface area contributed by atoms with Gasteiger partial charge in [0.1, 0.15) is 5.82 Å². The predicted octanol–water partition coefficient (Wildman–Crippen LogP) is 3.04. The maximum absolute atomic E-state index is 12.7. The van der Waals surface area contributed by atoms with E-state index in [4.69, 9.17) is 0 Å². The molecular weight excluding hydrogens is 264 g/mol. The first-order valence-electron chi connectivity index (χ1n) is 6.59. The number of imide groups is 1. The summed E-state index contributed by atoms with van der Waals surface area (Å²) < 4.78 is 0. The van der Waals surface area contributed by atoms with E-state index in [0.29, 0.717) is 16.9 Å². The summed E-state index contributed by atoms with van der Waals surface area (Å²) in [5, 5.41) is 1.62. The third-order valence-corrected chi connectivity index (χ3v) is 3.65. The molecule has 1 aliphatic heterocycles. The zero-order chi connectivity index (χ0) is 14.4. The summed E-state index contributed by atoms with van der Waals surface area (Å²) in [7, 11) is 0. The molecule has 4 rings (SSSR count). The van der Waals surface area contributed by atoms with E-state index in [1.54, 1.807) is 36.5 Å². The van der Waals surface area contributed by atoms with Crippen LogP contribution in [0.3, 0.4) is 0 Å². The molecule has 4 nitrogen and oxygen atoms in total. The van der Waals surface area contributed by atoms with Crippen LogP contribution in [0.5, 0.6) is 0 Å². The largest absolute Gasteiger partial charge is 0.268 e. The van der Waals surface area contributed by atoms with Crippen LogP contribution in [-0.4, -0.2) is 16.8 Å². The molecule has 0 aliphatic carbocycles. The number of aromatic nitrogens is 1. The summed E-state index contributed by atoms with van der Waals surface area (Å²) in [5.74, 6) is -0.315. The smallest absolute Gasteiger partial charge is 0.267 e. The lowest BCUT2D eigenvalue weighted by Gasteiger charge is -2.26. The molecule has 1 aromatic heterocycles. The summed E-state index contributed by atoms with van der Waals surface area (Å²) in [6, 6.07) is 16.1. The summed E-state index contributed by atoms with van der Waals surface area (Å²) in [6.07, 6.45) is 1.57. The van der Waals surface area contributed by atoms with Crippen LogP contribution in [-0.2, 0) is 0 Å². The summed E-state index contributed by atoms with van der Waals surface area (Å²) in [4.78, 5) is 30.6. The number of hydrogen-bond acceptors (Lipinski definition) is 3. The molecule has 4 heteroatoms. The van der Waals surface area contributed by atoms with Crippen molar-refractivity contribution in [2.75, 3.05) is 4.90 Å². The Hall–Kier alpha value is -3.01. The molecule has 21 heavy (non-hydrogen) atoms. The maximum Gasteiger partial charge on any atom is 0.267 e. The van der Waals surface area contributed by atoms with Crippen LogP contribution in [0, 0.1) is 0 Å². The van der Waals surface area contributed by atoms with Crippen LogP contribution in [0.1, 0.15) is 20.7 Å². The highest BCUT2D eigenvalue weighted by Gasteiger charge is 2.34. The van der Waals surface area contributed by atoms with Crippen LogP contribution in [0.25, 0.3) is 10.8 Å². The van der Waals surface area contributed by atoms with E-state index in [-0.39, 0.29) is 11.8 Å².